The van der Waals surface area contributed by atoms with Gasteiger partial charge >= 0.3 is 0 Å². The molecule has 1 aromatic carbocycles. The third-order valence-electron chi connectivity index (χ3n) is 8.10. The lowest BCUT2D eigenvalue weighted by Gasteiger charge is -2.49. The summed E-state index contributed by atoms with van der Waals surface area (Å²) in [6.45, 7) is 14.6. The Morgan fingerprint density at radius 1 is 1.18 bits per heavy atom. The van der Waals surface area contributed by atoms with Crippen LogP contribution in [0.15, 0.2) is 36.7 Å². The predicted octanol–water partition coefficient (Wildman–Crippen LogP) is 5.76. The van der Waals surface area contributed by atoms with Crippen molar-refractivity contribution in [3.05, 3.63) is 42.2 Å². The fourth-order valence-corrected chi connectivity index (χ4v) is 7.12. The van der Waals surface area contributed by atoms with Crippen LogP contribution in [-0.2, 0) is 0 Å². The fourth-order valence-electron chi connectivity index (χ4n) is 5.76. The van der Waals surface area contributed by atoms with Crippen molar-refractivity contribution in [3.8, 4) is 0 Å². The summed E-state index contributed by atoms with van der Waals surface area (Å²) in [7, 11) is 0.110. The van der Waals surface area contributed by atoms with Gasteiger partial charge in [0.1, 0.15) is 11.6 Å². The molecule has 5 rings (SSSR count). The topological polar surface area (TPSA) is 77.4 Å². The Kier molecular flexibility index (Phi) is 7.49. The highest BCUT2D eigenvalue weighted by Gasteiger charge is 2.40. The molecule has 204 valence electrons. The first-order chi connectivity index (χ1) is 18.0. The van der Waals surface area contributed by atoms with Crippen LogP contribution in [0.4, 0.5) is 27.7 Å². The van der Waals surface area contributed by atoms with E-state index in [1.54, 1.807) is 17.2 Å². The molecular weight excluding hydrogens is 498 g/mol. The van der Waals surface area contributed by atoms with Gasteiger partial charge in [0.2, 0.25) is 5.95 Å². The first kappa shape index (κ1) is 27.0. The minimum Gasteiger partial charge on any atom is -0.390 e. The van der Waals surface area contributed by atoms with Crippen LogP contribution in [0.2, 0.25) is 0 Å². The van der Waals surface area contributed by atoms with E-state index >= 15 is 0 Å². The number of nitrogens with one attached hydrogen (secondary N) is 1. The van der Waals surface area contributed by atoms with E-state index in [0.29, 0.717) is 42.5 Å². The lowest BCUT2D eigenvalue weighted by molar-refractivity contribution is -0.00860. The molecule has 0 bridgehead atoms. The predicted molar refractivity (Wildman–Crippen MR) is 157 cm³/mol. The molecule has 2 aromatic heterocycles. The Bertz CT molecular complexity index is 1300. The maximum absolute atomic E-state index is 14.7. The van der Waals surface area contributed by atoms with Gasteiger partial charge in [-0.05, 0) is 74.8 Å². The van der Waals surface area contributed by atoms with Gasteiger partial charge in [-0.2, -0.15) is 4.98 Å². The van der Waals surface area contributed by atoms with Gasteiger partial charge in [0, 0.05) is 48.5 Å². The Hall–Kier alpha value is -2.57. The molecule has 38 heavy (non-hydrogen) atoms. The molecule has 3 aromatic rings. The third-order valence-corrected chi connectivity index (χ3v) is 9.30. The Labute approximate surface area is 226 Å². The summed E-state index contributed by atoms with van der Waals surface area (Å²) >= 11 is 0. The van der Waals surface area contributed by atoms with Crippen LogP contribution in [0.5, 0.6) is 0 Å². The molecule has 0 radical (unpaired) electrons. The van der Waals surface area contributed by atoms with Crippen LogP contribution in [-0.4, -0.2) is 77.0 Å². The Morgan fingerprint density at radius 3 is 2.66 bits per heavy atom. The molecule has 4 heterocycles. The number of alkyl halides is 1. The van der Waals surface area contributed by atoms with Crippen molar-refractivity contribution in [3.63, 3.8) is 0 Å². The molecule has 7 nitrogen and oxygen atoms in total. The molecular formula is C29H40FN6OP. The van der Waals surface area contributed by atoms with Gasteiger partial charge in [-0.1, -0.05) is 19.9 Å². The molecule has 0 unspecified atom stereocenters. The number of aromatic nitrogens is 3. The zero-order valence-corrected chi connectivity index (χ0v) is 24.2. The van der Waals surface area contributed by atoms with Crippen molar-refractivity contribution >= 4 is 42.0 Å². The van der Waals surface area contributed by atoms with Crippen LogP contribution < -0.4 is 15.1 Å². The average molecular weight is 539 g/mol. The number of nitrogens with zero attached hydrogens (tertiary/aromatic N) is 5. The van der Waals surface area contributed by atoms with Gasteiger partial charge in [-0.3, -0.25) is 0 Å². The van der Waals surface area contributed by atoms with Crippen molar-refractivity contribution in [1.29, 1.82) is 0 Å². The van der Waals surface area contributed by atoms with Crippen LogP contribution >= 0.6 is 7.92 Å². The molecule has 0 spiro atoms. The molecule has 2 fully saturated rings. The lowest BCUT2D eigenvalue weighted by atomic mass is 9.88. The molecule has 0 saturated carbocycles. The standard InChI is InChI=1S/C29H40FN6OP/c1-18(2)21-7-8-24(36-15-20(19(36)3)16-38(5)6)23-14-32-27(13-22(21)23)33-26-9-11-31-28(34-26)35-12-10-25(37)29(4,30)17-35/h7-9,11,13-14,18-20,25,37H,10,12,15-17H2,1-6H3,(H,31,32,33,34)/t19-,20-,25-,29+/m1/s1. The van der Waals surface area contributed by atoms with Crippen LogP contribution in [0.3, 0.4) is 0 Å². The Morgan fingerprint density at radius 2 is 1.97 bits per heavy atom. The number of pyridine rings is 1. The highest BCUT2D eigenvalue weighted by atomic mass is 31.1. The average Bonchev–Trinajstić information content (AvgIpc) is 2.87. The first-order valence-corrected chi connectivity index (χ1v) is 16.0. The lowest BCUT2D eigenvalue weighted by Crippen LogP contribution is -2.56. The summed E-state index contributed by atoms with van der Waals surface area (Å²) in [4.78, 5) is 18.1. The van der Waals surface area contributed by atoms with Gasteiger partial charge < -0.3 is 20.2 Å². The molecule has 4 atom stereocenters. The SMILES string of the molecule is CC(C)c1ccc(N2C[C@H](CP(C)C)[C@H]2C)c2cnc(Nc3ccnc(N4CC[C@@H](O)[C@@](C)(F)C4)n3)cc12. The number of fused-ring (bicyclic) bond motifs is 1. The summed E-state index contributed by atoms with van der Waals surface area (Å²) in [5.41, 5.74) is 0.858. The second kappa shape index (κ2) is 10.5. The van der Waals surface area contributed by atoms with E-state index in [1.165, 1.54) is 35.1 Å². The summed E-state index contributed by atoms with van der Waals surface area (Å²) in [5.74, 6) is 2.90. The number of aliphatic hydroxyl groups is 1. The minimum atomic E-state index is -1.69. The quantitative estimate of drug-likeness (QED) is 0.371. The van der Waals surface area contributed by atoms with Crippen molar-refractivity contribution in [2.45, 2.75) is 57.8 Å². The van der Waals surface area contributed by atoms with Gasteiger partial charge in [0.05, 0.1) is 12.6 Å². The van der Waals surface area contributed by atoms with Gasteiger partial charge in [-0.15, -0.1) is 7.92 Å². The molecule has 0 aliphatic carbocycles. The van der Waals surface area contributed by atoms with Crippen LogP contribution in [0.25, 0.3) is 10.8 Å². The molecule has 0 amide bonds. The van der Waals surface area contributed by atoms with Crippen molar-refractivity contribution in [1.82, 2.24) is 15.0 Å². The van der Waals surface area contributed by atoms with E-state index in [4.69, 9.17) is 4.98 Å². The van der Waals surface area contributed by atoms with Crippen LogP contribution in [0, 0.1) is 5.92 Å². The maximum Gasteiger partial charge on any atom is 0.227 e. The monoisotopic (exact) mass is 538 g/mol. The van der Waals surface area contributed by atoms with Gasteiger partial charge in [-0.25, -0.2) is 14.4 Å². The van der Waals surface area contributed by atoms with E-state index in [1.807, 2.05) is 6.20 Å². The first-order valence-electron chi connectivity index (χ1n) is 13.6. The third kappa shape index (κ3) is 5.30. The summed E-state index contributed by atoms with van der Waals surface area (Å²) in [6.07, 6.45) is 4.35. The molecule has 2 saturated heterocycles. The number of rotatable bonds is 7. The number of halogens is 1. The van der Waals surface area contributed by atoms with Crippen molar-refractivity contribution in [2.75, 3.05) is 54.2 Å². The number of piperidine rings is 1. The number of benzene rings is 1. The number of aliphatic hydroxyl groups excluding tert-OH is 1. The smallest absolute Gasteiger partial charge is 0.227 e. The van der Waals surface area contributed by atoms with E-state index in [-0.39, 0.29) is 14.5 Å². The second-order valence-electron chi connectivity index (χ2n) is 11.7. The van der Waals surface area contributed by atoms with E-state index in [9.17, 15) is 9.50 Å². The largest absolute Gasteiger partial charge is 0.390 e. The molecule has 2 aliphatic heterocycles. The zero-order valence-electron chi connectivity index (χ0n) is 23.3. The number of anilines is 4. The molecule has 2 N–H and O–H groups in total. The van der Waals surface area contributed by atoms with Gasteiger partial charge in [0.25, 0.3) is 0 Å². The number of hydrogen-bond acceptors (Lipinski definition) is 7. The van der Waals surface area contributed by atoms with Crippen LogP contribution in [0.1, 0.15) is 45.6 Å². The minimum absolute atomic E-state index is 0.0559. The highest BCUT2D eigenvalue weighted by molar-refractivity contribution is 7.56. The second-order valence-corrected chi connectivity index (χ2v) is 14.3. The highest BCUT2D eigenvalue weighted by Crippen LogP contribution is 2.42. The Balaban J connectivity index is 1.41. The van der Waals surface area contributed by atoms with Gasteiger partial charge in [0.15, 0.2) is 5.67 Å². The van der Waals surface area contributed by atoms with Crippen molar-refractivity contribution in [2.24, 2.45) is 5.92 Å². The van der Waals surface area contributed by atoms with E-state index in [0.717, 1.165) is 12.5 Å². The van der Waals surface area contributed by atoms with Crippen molar-refractivity contribution < 1.29 is 9.50 Å². The maximum atomic E-state index is 14.7. The fraction of sp³-hybridized carbons (Fsp3) is 0.552. The van der Waals surface area contributed by atoms with E-state index in [2.05, 4.69) is 72.5 Å². The molecule has 2 aliphatic rings. The molecule has 9 heteroatoms. The number of hydrogen-bond donors (Lipinski definition) is 2. The summed E-state index contributed by atoms with van der Waals surface area (Å²) < 4.78 is 14.7. The normalized spacial score (nSPS) is 25.8. The zero-order chi connectivity index (χ0) is 27.2. The van der Waals surface area contributed by atoms with E-state index < -0.39 is 11.8 Å². The summed E-state index contributed by atoms with van der Waals surface area (Å²) in [6, 6.07) is 8.98. The summed E-state index contributed by atoms with van der Waals surface area (Å²) in [5, 5.41) is 15.7.